The van der Waals surface area contributed by atoms with Crippen molar-refractivity contribution in [1.82, 2.24) is 9.55 Å². The predicted octanol–water partition coefficient (Wildman–Crippen LogP) is 2.54. The van der Waals surface area contributed by atoms with E-state index in [1.54, 1.807) is 17.5 Å². The van der Waals surface area contributed by atoms with E-state index in [4.69, 9.17) is 0 Å². The normalized spacial score (nSPS) is 15.7. The molecule has 0 saturated heterocycles. The number of nitrogens with one attached hydrogen (secondary N) is 1. The van der Waals surface area contributed by atoms with Gasteiger partial charge in [-0.1, -0.05) is 0 Å². The number of carbonyl (C=O) groups excluding carboxylic acids is 1. The van der Waals surface area contributed by atoms with Gasteiger partial charge in [-0.05, 0) is 31.2 Å². The minimum Gasteiger partial charge on any atom is -0.340 e. The number of nitriles is 1. The summed E-state index contributed by atoms with van der Waals surface area (Å²) in [4.78, 5) is 20.1. The van der Waals surface area contributed by atoms with Crippen LogP contribution in [0.2, 0.25) is 0 Å². The van der Waals surface area contributed by atoms with Crippen LogP contribution in [-0.2, 0) is 24.2 Å². The quantitative estimate of drug-likeness (QED) is 0.927. The standard InChI is InChI=1S/C17H19N5OS/c18-11-13-12-3-1-2-4-14(12)24-16(13)20-15(23)5-7-21-9-10-22-8-6-19-17(21)22/h6,8H,1-5,7,9-10H2,(H,20,23). The van der Waals surface area contributed by atoms with E-state index >= 15 is 0 Å². The number of aromatic nitrogens is 2. The molecule has 0 bridgehead atoms. The average Bonchev–Trinajstić information content (AvgIpc) is 3.26. The molecule has 7 heteroatoms. The molecule has 1 N–H and O–H groups in total. The van der Waals surface area contributed by atoms with Crippen LogP contribution in [0.1, 0.15) is 35.3 Å². The highest BCUT2D eigenvalue weighted by atomic mass is 32.1. The summed E-state index contributed by atoms with van der Waals surface area (Å²) in [6.45, 7) is 2.47. The zero-order valence-corrected chi connectivity index (χ0v) is 14.2. The third-order valence-electron chi connectivity index (χ3n) is 4.73. The molecule has 6 nitrogen and oxygen atoms in total. The van der Waals surface area contributed by atoms with Crippen LogP contribution in [-0.4, -0.2) is 28.5 Å². The molecule has 0 radical (unpaired) electrons. The van der Waals surface area contributed by atoms with Crippen molar-refractivity contribution in [2.75, 3.05) is 23.3 Å². The van der Waals surface area contributed by atoms with E-state index in [2.05, 4.69) is 25.8 Å². The summed E-state index contributed by atoms with van der Waals surface area (Å²) in [5, 5.41) is 13.1. The number of nitrogens with zero attached hydrogens (tertiary/aromatic N) is 4. The van der Waals surface area contributed by atoms with Gasteiger partial charge in [0.15, 0.2) is 0 Å². The first-order valence-electron chi connectivity index (χ1n) is 8.37. The van der Waals surface area contributed by atoms with E-state index in [0.717, 1.165) is 48.9 Å². The fraction of sp³-hybridized carbons (Fsp3) is 0.471. The van der Waals surface area contributed by atoms with Crippen molar-refractivity contribution in [3.63, 3.8) is 0 Å². The lowest BCUT2D eigenvalue weighted by atomic mass is 9.96. The molecule has 2 aliphatic rings. The third-order valence-corrected chi connectivity index (χ3v) is 5.94. The van der Waals surface area contributed by atoms with Gasteiger partial charge < -0.3 is 14.8 Å². The topological polar surface area (TPSA) is 74.0 Å². The Bertz CT molecular complexity index is 816. The van der Waals surface area contributed by atoms with Crippen molar-refractivity contribution in [1.29, 1.82) is 5.26 Å². The number of hydrogen-bond donors (Lipinski definition) is 1. The highest BCUT2D eigenvalue weighted by Gasteiger charge is 2.23. The van der Waals surface area contributed by atoms with E-state index in [1.165, 1.54) is 11.3 Å². The number of amides is 1. The minimum atomic E-state index is -0.0323. The van der Waals surface area contributed by atoms with Gasteiger partial charge >= 0.3 is 0 Å². The second kappa shape index (κ2) is 6.29. The second-order valence-corrected chi connectivity index (χ2v) is 7.34. The monoisotopic (exact) mass is 341 g/mol. The van der Waals surface area contributed by atoms with Crippen LogP contribution in [0.3, 0.4) is 0 Å². The van der Waals surface area contributed by atoms with Crippen LogP contribution in [0, 0.1) is 11.3 Å². The van der Waals surface area contributed by atoms with Crippen molar-refractivity contribution in [3.05, 3.63) is 28.4 Å². The van der Waals surface area contributed by atoms with Crippen LogP contribution in [0.15, 0.2) is 12.4 Å². The van der Waals surface area contributed by atoms with Gasteiger partial charge in [-0.15, -0.1) is 11.3 Å². The molecule has 124 valence electrons. The summed E-state index contributed by atoms with van der Waals surface area (Å²) in [7, 11) is 0. The molecule has 0 unspecified atom stereocenters. The Morgan fingerprint density at radius 3 is 3.12 bits per heavy atom. The third kappa shape index (κ3) is 2.67. The number of carbonyl (C=O) groups is 1. The molecule has 0 spiro atoms. The van der Waals surface area contributed by atoms with Crippen molar-refractivity contribution < 1.29 is 4.79 Å². The van der Waals surface area contributed by atoms with Crippen LogP contribution in [0.5, 0.6) is 0 Å². The molecule has 2 aromatic rings. The number of hydrogen-bond acceptors (Lipinski definition) is 5. The lowest BCUT2D eigenvalue weighted by Crippen LogP contribution is -2.26. The number of fused-ring (bicyclic) bond motifs is 2. The van der Waals surface area contributed by atoms with Gasteiger partial charge in [0.1, 0.15) is 11.1 Å². The summed E-state index contributed by atoms with van der Waals surface area (Å²) >= 11 is 1.58. The first-order valence-corrected chi connectivity index (χ1v) is 9.18. The molecule has 2 aromatic heterocycles. The van der Waals surface area contributed by atoms with E-state index in [1.807, 2.05) is 6.20 Å². The predicted molar refractivity (Wildman–Crippen MR) is 93.4 cm³/mol. The first kappa shape index (κ1) is 15.2. The molecular formula is C17H19N5OS. The molecule has 4 rings (SSSR count). The fourth-order valence-electron chi connectivity index (χ4n) is 3.50. The highest BCUT2D eigenvalue weighted by Crippen LogP contribution is 2.37. The van der Waals surface area contributed by atoms with Crippen molar-refractivity contribution in [2.24, 2.45) is 0 Å². The number of anilines is 2. The van der Waals surface area contributed by atoms with Gasteiger partial charge in [0.05, 0.1) is 5.56 Å². The zero-order valence-electron chi connectivity index (χ0n) is 13.4. The van der Waals surface area contributed by atoms with E-state index in [9.17, 15) is 10.1 Å². The number of aryl methyl sites for hydroxylation is 1. The summed E-state index contributed by atoms with van der Waals surface area (Å²) in [5.41, 5.74) is 1.84. The van der Waals surface area contributed by atoms with Crippen molar-refractivity contribution in [2.45, 2.75) is 38.6 Å². The Labute approximate surface area is 144 Å². The molecule has 0 atom stereocenters. The first-order chi connectivity index (χ1) is 11.8. The minimum absolute atomic E-state index is 0.0323. The average molecular weight is 341 g/mol. The summed E-state index contributed by atoms with van der Waals surface area (Å²) in [6, 6.07) is 2.29. The SMILES string of the molecule is N#Cc1c(NC(=O)CCN2CCn3ccnc32)sc2c1CCCC2. The Balaban J connectivity index is 1.40. The van der Waals surface area contributed by atoms with Gasteiger partial charge in [0.2, 0.25) is 11.9 Å². The van der Waals surface area contributed by atoms with Crippen LogP contribution < -0.4 is 10.2 Å². The Morgan fingerprint density at radius 1 is 1.38 bits per heavy atom. The second-order valence-electron chi connectivity index (χ2n) is 6.23. The van der Waals surface area contributed by atoms with E-state index in [0.29, 0.717) is 18.5 Å². The molecule has 3 heterocycles. The Morgan fingerprint density at radius 2 is 2.25 bits per heavy atom. The molecule has 0 saturated carbocycles. The zero-order chi connectivity index (χ0) is 16.5. The molecule has 1 amide bonds. The number of thiophene rings is 1. The molecular weight excluding hydrogens is 322 g/mol. The fourth-order valence-corrected chi connectivity index (χ4v) is 4.75. The summed E-state index contributed by atoms with van der Waals surface area (Å²) < 4.78 is 2.10. The maximum Gasteiger partial charge on any atom is 0.226 e. The van der Waals surface area contributed by atoms with Crippen LogP contribution in [0.4, 0.5) is 10.9 Å². The number of rotatable bonds is 4. The molecule has 24 heavy (non-hydrogen) atoms. The lowest BCUT2D eigenvalue weighted by Gasteiger charge is -2.15. The van der Waals surface area contributed by atoms with Crippen molar-refractivity contribution >= 4 is 28.2 Å². The van der Waals surface area contributed by atoms with Crippen LogP contribution >= 0.6 is 11.3 Å². The van der Waals surface area contributed by atoms with Crippen LogP contribution in [0.25, 0.3) is 0 Å². The maximum atomic E-state index is 12.3. The maximum absolute atomic E-state index is 12.3. The van der Waals surface area contributed by atoms with E-state index in [-0.39, 0.29) is 5.91 Å². The molecule has 1 aliphatic heterocycles. The molecule has 0 aromatic carbocycles. The molecule has 0 fully saturated rings. The van der Waals surface area contributed by atoms with Gasteiger partial charge in [-0.3, -0.25) is 4.79 Å². The van der Waals surface area contributed by atoms with Gasteiger partial charge in [-0.25, -0.2) is 4.98 Å². The Kier molecular flexibility index (Phi) is 3.98. The highest BCUT2D eigenvalue weighted by molar-refractivity contribution is 7.16. The van der Waals surface area contributed by atoms with Gasteiger partial charge in [0.25, 0.3) is 0 Å². The summed E-state index contributed by atoms with van der Waals surface area (Å²) in [6.07, 6.45) is 8.45. The Hall–Kier alpha value is -2.33. The lowest BCUT2D eigenvalue weighted by molar-refractivity contribution is -0.116. The number of imidazole rings is 1. The van der Waals surface area contributed by atoms with Gasteiger partial charge in [-0.2, -0.15) is 5.26 Å². The largest absolute Gasteiger partial charge is 0.340 e. The molecule has 1 aliphatic carbocycles. The smallest absolute Gasteiger partial charge is 0.226 e. The van der Waals surface area contributed by atoms with Crippen molar-refractivity contribution in [3.8, 4) is 6.07 Å². The van der Waals surface area contributed by atoms with Gasteiger partial charge in [0, 0.05) is 43.3 Å². The summed E-state index contributed by atoms with van der Waals surface area (Å²) in [5.74, 6) is 0.905. The van der Waals surface area contributed by atoms with E-state index < -0.39 is 0 Å².